The zero-order valence-corrected chi connectivity index (χ0v) is 11.9. The molecule has 0 bridgehead atoms. The first-order valence-electron chi connectivity index (χ1n) is 5.64. The van der Waals surface area contributed by atoms with E-state index in [4.69, 9.17) is 14.7 Å². The first-order valence-corrected chi connectivity index (χ1v) is 6.92. The van der Waals surface area contributed by atoms with Crippen LogP contribution in [0.15, 0.2) is 0 Å². The molecule has 0 aromatic rings. The van der Waals surface area contributed by atoms with Gasteiger partial charge in [-0.05, 0) is 38.7 Å². The van der Waals surface area contributed by atoms with E-state index in [1.54, 1.807) is 20.8 Å². The highest BCUT2D eigenvalue weighted by Crippen LogP contribution is 2.32. The number of carbonyl (C=O) groups is 2. The minimum atomic E-state index is -2.55. The van der Waals surface area contributed by atoms with E-state index in [0.717, 1.165) is 0 Å². The van der Waals surface area contributed by atoms with Gasteiger partial charge in [0.15, 0.2) is 5.66 Å². The Balaban J connectivity index is 4.80. The summed E-state index contributed by atoms with van der Waals surface area (Å²) in [5.74, 6) is -2.56. The molecular formula is C11H20O6P+. The van der Waals surface area contributed by atoms with Gasteiger partial charge in [0.2, 0.25) is 0 Å². The second-order valence-electron chi connectivity index (χ2n) is 5.12. The standard InChI is InChI=1S/C11H19O6P/c1-7(18(15)16)8(5-6-9(12)13)10(14)17-11(2,3)4/h7-8H,5-6H2,1-4H3,(H-,12,13,15,16)/p+1. The van der Waals surface area contributed by atoms with Crippen LogP contribution < -0.4 is 0 Å². The van der Waals surface area contributed by atoms with E-state index < -0.39 is 37.1 Å². The van der Waals surface area contributed by atoms with Crippen LogP contribution in [0.25, 0.3) is 0 Å². The van der Waals surface area contributed by atoms with E-state index in [9.17, 15) is 14.2 Å². The maximum Gasteiger partial charge on any atom is 0.509 e. The monoisotopic (exact) mass is 279 g/mol. The van der Waals surface area contributed by atoms with Crippen molar-refractivity contribution in [2.24, 2.45) is 5.92 Å². The predicted octanol–water partition coefficient (Wildman–Crippen LogP) is 1.93. The number of ether oxygens (including phenoxy) is 1. The number of aliphatic carboxylic acids is 1. The maximum absolute atomic E-state index is 11.9. The lowest BCUT2D eigenvalue weighted by Gasteiger charge is -2.23. The summed E-state index contributed by atoms with van der Waals surface area (Å²) in [5.41, 5.74) is -1.53. The fraction of sp³-hybridized carbons (Fsp3) is 0.818. The van der Waals surface area contributed by atoms with Gasteiger partial charge in [0.25, 0.3) is 0 Å². The van der Waals surface area contributed by atoms with Crippen molar-refractivity contribution in [2.75, 3.05) is 0 Å². The summed E-state index contributed by atoms with van der Waals surface area (Å²) in [4.78, 5) is 31.4. The molecule has 3 atom stereocenters. The summed E-state index contributed by atoms with van der Waals surface area (Å²) in [6.45, 7) is 6.49. The molecule has 0 aliphatic carbocycles. The predicted molar refractivity (Wildman–Crippen MR) is 65.5 cm³/mol. The van der Waals surface area contributed by atoms with Crippen molar-refractivity contribution >= 4 is 20.0 Å². The highest BCUT2D eigenvalue weighted by Gasteiger charge is 2.40. The lowest BCUT2D eigenvalue weighted by Crippen LogP contribution is -2.33. The highest BCUT2D eigenvalue weighted by molar-refractivity contribution is 7.38. The van der Waals surface area contributed by atoms with Gasteiger partial charge in [-0.1, -0.05) is 0 Å². The van der Waals surface area contributed by atoms with Crippen molar-refractivity contribution in [3.05, 3.63) is 0 Å². The van der Waals surface area contributed by atoms with Crippen LogP contribution >= 0.6 is 8.03 Å². The summed E-state index contributed by atoms with van der Waals surface area (Å²) in [6.07, 6.45) is -0.246. The largest absolute Gasteiger partial charge is 0.509 e. The van der Waals surface area contributed by atoms with Gasteiger partial charge in [0.05, 0.1) is 0 Å². The maximum atomic E-state index is 11.9. The Morgan fingerprint density at radius 3 is 2.17 bits per heavy atom. The van der Waals surface area contributed by atoms with Crippen molar-refractivity contribution in [2.45, 2.75) is 51.8 Å². The molecule has 0 aromatic heterocycles. The Morgan fingerprint density at radius 1 is 1.33 bits per heavy atom. The van der Waals surface area contributed by atoms with Crippen molar-refractivity contribution in [3.8, 4) is 0 Å². The summed E-state index contributed by atoms with van der Waals surface area (Å²) in [6, 6.07) is 0. The zero-order chi connectivity index (χ0) is 14.5. The highest BCUT2D eigenvalue weighted by atomic mass is 31.1. The second kappa shape index (κ2) is 6.81. The Hall–Kier alpha value is -1.00. The van der Waals surface area contributed by atoms with Gasteiger partial charge in [0.1, 0.15) is 11.5 Å². The van der Waals surface area contributed by atoms with Gasteiger partial charge in [-0.2, -0.15) is 4.89 Å². The summed E-state index contributed by atoms with van der Waals surface area (Å²) >= 11 is 0. The number of carbonyl (C=O) groups excluding carboxylic acids is 1. The third-order valence-corrected chi connectivity index (χ3v) is 3.37. The summed E-state index contributed by atoms with van der Waals surface area (Å²) in [5, 5.41) is 8.61. The summed E-state index contributed by atoms with van der Waals surface area (Å²) in [7, 11) is -2.55. The zero-order valence-electron chi connectivity index (χ0n) is 11.0. The molecule has 0 aromatic carbocycles. The van der Waals surface area contributed by atoms with Crippen LogP contribution in [0.3, 0.4) is 0 Å². The molecule has 0 heterocycles. The smallest absolute Gasteiger partial charge is 0.481 e. The fourth-order valence-corrected chi connectivity index (χ4v) is 1.95. The van der Waals surface area contributed by atoms with Crippen molar-refractivity contribution < 1.29 is 28.9 Å². The van der Waals surface area contributed by atoms with Crippen LogP contribution in [0.5, 0.6) is 0 Å². The Bertz CT molecular complexity index is 333. The first-order chi connectivity index (χ1) is 8.04. The van der Waals surface area contributed by atoms with Gasteiger partial charge >= 0.3 is 20.0 Å². The normalized spacial score (nSPS) is 15.7. The van der Waals surface area contributed by atoms with E-state index in [1.807, 2.05) is 0 Å². The van der Waals surface area contributed by atoms with E-state index >= 15 is 0 Å². The number of carboxylic acids is 1. The molecular weight excluding hydrogens is 259 g/mol. The molecule has 0 aliphatic rings. The van der Waals surface area contributed by atoms with E-state index in [2.05, 4.69) is 0 Å². The molecule has 0 amide bonds. The molecule has 0 rings (SSSR count). The van der Waals surface area contributed by atoms with Gasteiger partial charge in [0, 0.05) is 6.42 Å². The van der Waals surface area contributed by atoms with Crippen LogP contribution in [-0.2, 0) is 18.9 Å². The molecule has 3 unspecified atom stereocenters. The lowest BCUT2D eigenvalue weighted by atomic mass is 9.99. The van der Waals surface area contributed by atoms with E-state index in [1.165, 1.54) is 6.92 Å². The number of rotatable bonds is 6. The average Bonchev–Trinajstić information content (AvgIpc) is 2.13. The molecule has 7 heteroatoms. The molecule has 18 heavy (non-hydrogen) atoms. The van der Waals surface area contributed by atoms with Crippen LogP contribution in [0.4, 0.5) is 0 Å². The molecule has 6 nitrogen and oxygen atoms in total. The lowest BCUT2D eigenvalue weighted by molar-refractivity contribution is -0.160. The van der Waals surface area contributed by atoms with Gasteiger partial charge in [-0.25, -0.2) is 0 Å². The van der Waals surface area contributed by atoms with Gasteiger partial charge in [-0.3, -0.25) is 9.59 Å². The van der Waals surface area contributed by atoms with E-state index in [-0.39, 0.29) is 12.8 Å². The third kappa shape index (κ3) is 6.67. The minimum Gasteiger partial charge on any atom is -0.481 e. The Kier molecular flexibility index (Phi) is 6.43. The molecule has 2 N–H and O–H groups in total. The minimum absolute atomic E-state index is 0.00690. The number of esters is 1. The van der Waals surface area contributed by atoms with Gasteiger partial charge in [-0.15, -0.1) is 0 Å². The molecule has 0 saturated carbocycles. The molecule has 0 saturated heterocycles. The molecule has 104 valence electrons. The van der Waals surface area contributed by atoms with Crippen LogP contribution in [0.2, 0.25) is 0 Å². The van der Waals surface area contributed by atoms with Crippen molar-refractivity contribution in [1.29, 1.82) is 0 Å². The van der Waals surface area contributed by atoms with Crippen LogP contribution in [0, 0.1) is 5.92 Å². The van der Waals surface area contributed by atoms with Gasteiger partial charge < -0.3 is 9.84 Å². The number of carboxylic acid groups (broad SMARTS) is 1. The third-order valence-electron chi connectivity index (χ3n) is 2.31. The average molecular weight is 279 g/mol. The molecule has 0 spiro atoms. The summed E-state index contributed by atoms with van der Waals surface area (Å²) < 4.78 is 16.2. The van der Waals surface area contributed by atoms with Crippen molar-refractivity contribution in [3.63, 3.8) is 0 Å². The molecule has 0 fully saturated rings. The number of hydrogen-bond donors (Lipinski definition) is 2. The fourth-order valence-electron chi connectivity index (χ4n) is 1.37. The van der Waals surface area contributed by atoms with Crippen LogP contribution in [0.1, 0.15) is 40.5 Å². The number of hydrogen-bond acceptors (Lipinski definition) is 4. The Morgan fingerprint density at radius 2 is 1.83 bits per heavy atom. The molecule has 0 radical (unpaired) electrons. The SMILES string of the molecule is CC(C(CCC(=O)O)C(=O)OC(C)(C)C)[P+](=O)O. The molecule has 0 aliphatic heterocycles. The quantitative estimate of drug-likeness (QED) is 0.569. The second-order valence-corrected chi connectivity index (χ2v) is 6.54. The van der Waals surface area contributed by atoms with Crippen LogP contribution in [-0.4, -0.2) is 33.2 Å². The van der Waals surface area contributed by atoms with E-state index in [0.29, 0.717) is 0 Å². The van der Waals surface area contributed by atoms with Crippen molar-refractivity contribution in [1.82, 2.24) is 0 Å². The first kappa shape index (κ1) is 17.0. The topological polar surface area (TPSA) is 101 Å². The Labute approximate surface area is 107 Å².